The summed E-state index contributed by atoms with van der Waals surface area (Å²) in [5.74, 6) is -0.779. The highest BCUT2D eigenvalue weighted by molar-refractivity contribution is 7.91. The molecule has 2 fully saturated rings. The fourth-order valence-corrected chi connectivity index (χ4v) is 4.52. The van der Waals surface area contributed by atoms with Crippen molar-refractivity contribution < 1.29 is 23.1 Å². The Kier molecular flexibility index (Phi) is 4.46. The lowest BCUT2D eigenvalue weighted by Gasteiger charge is -2.34. The molecular weight excluding hydrogens is 296 g/mol. The molecule has 120 valence electrons. The van der Waals surface area contributed by atoms with Crippen molar-refractivity contribution in [3.05, 3.63) is 0 Å². The van der Waals surface area contributed by atoms with Crippen LogP contribution in [0.4, 0.5) is 4.79 Å². The summed E-state index contributed by atoms with van der Waals surface area (Å²) in [5, 5.41) is 9.00. The van der Waals surface area contributed by atoms with Gasteiger partial charge in [0.05, 0.1) is 11.5 Å². The van der Waals surface area contributed by atoms with Gasteiger partial charge < -0.3 is 14.9 Å². The van der Waals surface area contributed by atoms with E-state index in [1.54, 1.807) is 11.9 Å². The molecule has 1 saturated heterocycles. The van der Waals surface area contributed by atoms with Crippen molar-refractivity contribution in [2.45, 2.75) is 38.3 Å². The zero-order chi connectivity index (χ0) is 15.8. The average Bonchev–Trinajstić information content (AvgIpc) is 3.17. The van der Waals surface area contributed by atoms with Gasteiger partial charge in [0, 0.05) is 19.1 Å². The minimum absolute atomic E-state index is 0.0168. The van der Waals surface area contributed by atoms with Crippen molar-refractivity contribution in [1.82, 2.24) is 9.80 Å². The fraction of sp³-hybridized carbons (Fsp3) is 0.846. The summed E-state index contributed by atoms with van der Waals surface area (Å²) in [4.78, 5) is 26.3. The minimum atomic E-state index is -3.17. The maximum absolute atomic E-state index is 12.5. The number of aliphatic carboxylic acids is 1. The maximum atomic E-state index is 12.5. The highest BCUT2D eigenvalue weighted by Gasteiger charge is 2.39. The summed E-state index contributed by atoms with van der Waals surface area (Å²) < 4.78 is 23.2. The van der Waals surface area contributed by atoms with E-state index in [4.69, 9.17) is 5.11 Å². The van der Waals surface area contributed by atoms with E-state index in [2.05, 4.69) is 0 Å². The molecule has 1 aliphatic heterocycles. The van der Waals surface area contributed by atoms with Crippen LogP contribution in [0.1, 0.15) is 26.2 Å². The van der Waals surface area contributed by atoms with Crippen LogP contribution >= 0.6 is 0 Å². The number of rotatable bonds is 5. The second-order valence-electron chi connectivity index (χ2n) is 6.05. The topological polar surface area (TPSA) is 95.0 Å². The third-order valence-electron chi connectivity index (χ3n) is 4.42. The standard InChI is InChI=1S/C13H22N2O5S/c1-9(10-3-4-10)14(2)13(18)15(7-12(16)17)11-5-6-21(19,20)8-11/h9-11H,3-8H2,1-2H3,(H,16,17). The van der Waals surface area contributed by atoms with Crippen LogP contribution in [-0.2, 0) is 14.6 Å². The number of sulfone groups is 1. The minimum Gasteiger partial charge on any atom is -0.480 e. The van der Waals surface area contributed by atoms with E-state index in [9.17, 15) is 18.0 Å². The molecule has 0 aromatic rings. The number of urea groups is 1. The van der Waals surface area contributed by atoms with Gasteiger partial charge in [-0.05, 0) is 32.1 Å². The van der Waals surface area contributed by atoms with Crippen LogP contribution in [0, 0.1) is 5.92 Å². The van der Waals surface area contributed by atoms with Crippen LogP contribution in [0.25, 0.3) is 0 Å². The van der Waals surface area contributed by atoms with Gasteiger partial charge in [0.15, 0.2) is 9.84 Å². The first-order valence-corrected chi connectivity index (χ1v) is 8.99. The van der Waals surface area contributed by atoms with Crippen LogP contribution in [0.3, 0.4) is 0 Å². The Morgan fingerprint density at radius 1 is 1.29 bits per heavy atom. The number of hydrogen-bond donors (Lipinski definition) is 1. The first-order chi connectivity index (χ1) is 9.71. The number of carbonyl (C=O) groups is 2. The number of nitrogens with zero attached hydrogens (tertiary/aromatic N) is 2. The molecule has 2 amide bonds. The zero-order valence-electron chi connectivity index (χ0n) is 12.4. The third-order valence-corrected chi connectivity index (χ3v) is 6.17. The molecule has 2 unspecified atom stereocenters. The molecule has 1 heterocycles. The average molecular weight is 318 g/mol. The smallest absolute Gasteiger partial charge is 0.323 e. The number of carboxylic acids is 1. The lowest BCUT2D eigenvalue weighted by Crippen LogP contribution is -2.52. The van der Waals surface area contributed by atoms with E-state index in [0.29, 0.717) is 12.3 Å². The van der Waals surface area contributed by atoms with E-state index in [-0.39, 0.29) is 23.6 Å². The van der Waals surface area contributed by atoms with Crippen molar-refractivity contribution in [2.75, 3.05) is 25.1 Å². The first-order valence-electron chi connectivity index (χ1n) is 7.17. The second kappa shape index (κ2) is 5.82. The predicted octanol–water partition coefficient (Wildman–Crippen LogP) is 0.410. The van der Waals surface area contributed by atoms with Gasteiger partial charge in [-0.25, -0.2) is 13.2 Å². The van der Waals surface area contributed by atoms with Crippen molar-refractivity contribution in [3.63, 3.8) is 0 Å². The predicted molar refractivity (Wildman–Crippen MR) is 76.7 cm³/mol. The first kappa shape index (κ1) is 16.1. The Morgan fingerprint density at radius 2 is 1.90 bits per heavy atom. The molecule has 0 aromatic carbocycles. The summed E-state index contributed by atoms with van der Waals surface area (Å²) in [6.45, 7) is 1.49. The normalized spacial score (nSPS) is 25.3. The molecule has 0 aromatic heterocycles. The van der Waals surface area contributed by atoms with Gasteiger partial charge in [-0.2, -0.15) is 0 Å². The Bertz CT molecular complexity index is 529. The molecule has 2 aliphatic rings. The van der Waals surface area contributed by atoms with E-state index in [1.165, 1.54) is 4.90 Å². The fourth-order valence-electron chi connectivity index (χ4n) is 2.79. The highest BCUT2D eigenvalue weighted by atomic mass is 32.2. The van der Waals surface area contributed by atoms with Crippen molar-refractivity contribution >= 4 is 21.8 Å². The number of carbonyl (C=O) groups excluding carboxylic acids is 1. The summed E-state index contributed by atoms with van der Waals surface area (Å²) in [5.41, 5.74) is 0. The molecule has 7 nitrogen and oxygen atoms in total. The quantitative estimate of drug-likeness (QED) is 0.792. The van der Waals surface area contributed by atoms with E-state index < -0.39 is 28.4 Å². The Balaban J connectivity index is 2.11. The van der Waals surface area contributed by atoms with E-state index in [1.807, 2.05) is 6.92 Å². The van der Waals surface area contributed by atoms with Crippen LogP contribution in [0.15, 0.2) is 0 Å². The van der Waals surface area contributed by atoms with E-state index in [0.717, 1.165) is 12.8 Å². The van der Waals surface area contributed by atoms with Gasteiger partial charge >= 0.3 is 12.0 Å². The lowest BCUT2D eigenvalue weighted by molar-refractivity contribution is -0.138. The zero-order valence-corrected chi connectivity index (χ0v) is 13.2. The lowest BCUT2D eigenvalue weighted by atomic mass is 10.2. The van der Waals surface area contributed by atoms with Crippen LogP contribution in [-0.4, -0.2) is 72.5 Å². The van der Waals surface area contributed by atoms with Gasteiger partial charge in [-0.1, -0.05) is 0 Å². The number of hydrogen-bond acceptors (Lipinski definition) is 4. The summed E-state index contributed by atoms with van der Waals surface area (Å²) in [6.07, 6.45) is 2.47. The number of carboxylic acid groups (broad SMARTS) is 1. The van der Waals surface area contributed by atoms with Gasteiger partial charge in [0.1, 0.15) is 6.54 Å². The second-order valence-corrected chi connectivity index (χ2v) is 8.28. The Morgan fingerprint density at radius 3 is 2.33 bits per heavy atom. The van der Waals surface area contributed by atoms with Crippen molar-refractivity contribution in [1.29, 1.82) is 0 Å². The molecule has 2 rings (SSSR count). The highest BCUT2D eigenvalue weighted by Crippen LogP contribution is 2.35. The van der Waals surface area contributed by atoms with Crippen LogP contribution in [0.5, 0.6) is 0 Å². The monoisotopic (exact) mass is 318 g/mol. The summed E-state index contributed by atoms with van der Waals surface area (Å²) in [7, 11) is -1.51. The van der Waals surface area contributed by atoms with Crippen molar-refractivity contribution in [3.8, 4) is 0 Å². The molecule has 1 aliphatic carbocycles. The molecule has 0 bridgehead atoms. The van der Waals surface area contributed by atoms with Gasteiger partial charge in [0.2, 0.25) is 0 Å². The molecule has 0 spiro atoms. The van der Waals surface area contributed by atoms with Crippen LogP contribution in [0.2, 0.25) is 0 Å². The largest absolute Gasteiger partial charge is 0.480 e. The SMILES string of the molecule is CC(C1CC1)N(C)C(=O)N(CC(=O)O)C1CCS(=O)(=O)C1. The Hall–Kier alpha value is -1.31. The van der Waals surface area contributed by atoms with Crippen LogP contribution < -0.4 is 0 Å². The maximum Gasteiger partial charge on any atom is 0.323 e. The summed E-state index contributed by atoms with van der Waals surface area (Å²) >= 11 is 0. The summed E-state index contributed by atoms with van der Waals surface area (Å²) in [6, 6.07) is -0.877. The molecule has 1 N–H and O–H groups in total. The Labute approximate surface area is 124 Å². The molecular formula is C13H22N2O5S. The van der Waals surface area contributed by atoms with Gasteiger partial charge in [0.25, 0.3) is 0 Å². The molecule has 21 heavy (non-hydrogen) atoms. The number of amides is 2. The molecule has 2 atom stereocenters. The van der Waals surface area contributed by atoms with Gasteiger partial charge in [-0.15, -0.1) is 0 Å². The molecule has 1 saturated carbocycles. The molecule has 8 heteroatoms. The van der Waals surface area contributed by atoms with E-state index >= 15 is 0 Å². The molecule has 0 radical (unpaired) electrons. The third kappa shape index (κ3) is 3.87. The van der Waals surface area contributed by atoms with Gasteiger partial charge in [-0.3, -0.25) is 4.79 Å². The van der Waals surface area contributed by atoms with Crippen molar-refractivity contribution in [2.24, 2.45) is 5.92 Å².